The zero-order chi connectivity index (χ0) is 22.0. The summed E-state index contributed by atoms with van der Waals surface area (Å²) in [7, 11) is 0. The van der Waals surface area contributed by atoms with E-state index in [9.17, 15) is 9.59 Å². The van der Waals surface area contributed by atoms with Gasteiger partial charge >= 0.3 is 11.9 Å². The molecule has 0 radical (unpaired) electrons. The van der Waals surface area contributed by atoms with Gasteiger partial charge in [-0.25, -0.2) is 9.97 Å². The second kappa shape index (κ2) is 8.36. The lowest BCUT2D eigenvalue weighted by atomic mass is 10.0. The summed E-state index contributed by atoms with van der Waals surface area (Å²) in [5.41, 5.74) is 3.85. The third-order valence-electron chi connectivity index (χ3n) is 4.65. The van der Waals surface area contributed by atoms with Gasteiger partial charge in [-0.2, -0.15) is 0 Å². The van der Waals surface area contributed by atoms with E-state index < -0.39 is 11.9 Å². The van der Waals surface area contributed by atoms with Gasteiger partial charge in [0.25, 0.3) is 0 Å². The minimum atomic E-state index is -0.499. The normalized spacial score (nSPS) is 10.7. The molecule has 0 N–H and O–H groups in total. The van der Waals surface area contributed by atoms with Gasteiger partial charge in [-0.15, -0.1) is 0 Å². The van der Waals surface area contributed by atoms with E-state index in [-0.39, 0.29) is 11.5 Å². The number of fused-ring (bicyclic) bond motifs is 1. The molecule has 3 aromatic carbocycles. The standard InChI is InChI=1S/C25H20N2O4/c1-15-11-13-18(14-12-15)24-19-7-4-5-8-20(19)26-25(27-24)23-21(30-16(2)28)9-6-10-22(23)31-17(3)29/h4-14H,1-3H3. The fourth-order valence-electron chi connectivity index (χ4n) is 3.33. The van der Waals surface area contributed by atoms with E-state index in [0.29, 0.717) is 11.4 Å². The molecule has 0 fully saturated rings. The third-order valence-corrected chi connectivity index (χ3v) is 4.65. The molecule has 0 saturated heterocycles. The number of esters is 2. The van der Waals surface area contributed by atoms with Crippen LogP contribution in [-0.4, -0.2) is 21.9 Å². The first-order chi connectivity index (χ1) is 14.9. The molecule has 0 aliphatic rings. The van der Waals surface area contributed by atoms with Gasteiger partial charge in [0.05, 0.1) is 11.2 Å². The number of aromatic nitrogens is 2. The molecule has 1 heterocycles. The van der Waals surface area contributed by atoms with Crippen molar-refractivity contribution in [1.29, 1.82) is 0 Å². The lowest BCUT2D eigenvalue weighted by Crippen LogP contribution is -2.08. The highest BCUT2D eigenvalue weighted by atomic mass is 16.5. The number of carbonyl (C=O) groups is 2. The van der Waals surface area contributed by atoms with Gasteiger partial charge in [0, 0.05) is 24.8 Å². The first-order valence-electron chi connectivity index (χ1n) is 9.76. The molecular weight excluding hydrogens is 392 g/mol. The highest BCUT2D eigenvalue weighted by Crippen LogP contribution is 2.39. The first kappa shape index (κ1) is 20.2. The molecule has 6 nitrogen and oxygen atoms in total. The summed E-state index contributed by atoms with van der Waals surface area (Å²) in [6.07, 6.45) is 0. The van der Waals surface area contributed by atoms with Crippen molar-refractivity contribution in [3.63, 3.8) is 0 Å². The van der Waals surface area contributed by atoms with Crippen molar-refractivity contribution >= 4 is 22.8 Å². The van der Waals surface area contributed by atoms with Crippen molar-refractivity contribution in [1.82, 2.24) is 9.97 Å². The van der Waals surface area contributed by atoms with Gasteiger partial charge in [0.2, 0.25) is 0 Å². The average Bonchev–Trinajstić information content (AvgIpc) is 2.73. The maximum atomic E-state index is 11.7. The molecule has 6 heteroatoms. The molecule has 4 rings (SSSR count). The number of nitrogens with zero attached hydrogens (tertiary/aromatic N) is 2. The van der Waals surface area contributed by atoms with Crippen molar-refractivity contribution in [2.24, 2.45) is 0 Å². The van der Waals surface area contributed by atoms with E-state index in [1.54, 1.807) is 18.2 Å². The number of hydrogen-bond donors (Lipinski definition) is 0. The zero-order valence-corrected chi connectivity index (χ0v) is 17.4. The molecule has 0 amide bonds. The molecule has 0 unspecified atom stereocenters. The fourth-order valence-corrected chi connectivity index (χ4v) is 3.33. The molecular formula is C25H20N2O4. The fraction of sp³-hybridized carbons (Fsp3) is 0.120. The van der Waals surface area contributed by atoms with Crippen LogP contribution in [0.25, 0.3) is 33.5 Å². The van der Waals surface area contributed by atoms with Crippen molar-refractivity contribution in [2.75, 3.05) is 0 Å². The number of carbonyl (C=O) groups excluding carboxylic acids is 2. The predicted molar refractivity (Wildman–Crippen MR) is 118 cm³/mol. The maximum absolute atomic E-state index is 11.7. The number of aryl methyl sites for hydroxylation is 1. The van der Waals surface area contributed by atoms with Gasteiger partial charge in [-0.05, 0) is 25.1 Å². The van der Waals surface area contributed by atoms with Crippen LogP contribution >= 0.6 is 0 Å². The van der Waals surface area contributed by atoms with Crippen LogP contribution in [0.2, 0.25) is 0 Å². The Morgan fingerprint density at radius 3 is 1.97 bits per heavy atom. The molecule has 0 aliphatic heterocycles. The number of benzene rings is 3. The van der Waals surface area contributed by atoms with E-state index in [2.05, 4.69) is 0 Å². The summed E-state index contributed by atoms with van der Waals surface area (Å²) in [5, 5.41) is 0.883. The Morgan fingerprint density at radius 1 is 0.742 bits per heavy atom. The summed E-state index contributed by atoms with van der Waals surface area (Å²) in [5.74, 6) is -0.267. The smallest absolute Gasteiger partial charge is 0.308 e. The largest absolute Gasteiger partial charge is 0.426 e. The van der Waals surface area contributed by atoms with Crippen LogP contribution in [0.5, 0.6) is 11.5 Å². The van der Waals surface area contributed by atoms with Crippen LogP contribution in [0.4, 0.5) is 0 Å². The van der Waals surface area contributed by atoms with Crippen molar-refractivity contribution < 1.29 is 19.1 Å². The molecule has 31 heavy (non-hydrogen) atoms. The van der Waals surface area contributed by atoms with E-state index in [1.807, 2.05) is 55.5 Å². The van der Waals surface area contributed by atoms with Crippen molar-refractivity contribution in [3.8, 4) is 34.1 Å². The molecule has 1 aromatic heterocycles. The average molecular weight is 412 g/mol. The Hall–Kier alpha value is -4.06. The molecule has 0 atom stereocenters. The third kappa shape index (κ3) is 4.28. The number of para-hydroxylation sites is 1. The van der Waals surface area contributed by atoms with Gasteiger partial charge in [0.15, 0.2) is 5.82 Å². The second-order valence-electron chi connectivity index (χ2n) is 7.10. The summed E-state index contributed by atoms with van der Waals surface area (Å²) in [6.45, 7) is 4.64. The van der Waals surface area contributed by atoms with Crippen LogP contribution in [0.3, 0.4) is 0 Å². The monoisotopic (exact) mass is 412 g/mol. The topological polar surface area (TPSA) is 78.4 Å². The predicted octanol–water partition coefficient (Wildman–Crippen LogP) is 5.12. The number of hydrogen-bond acceptors (Lipinski definition) is 6. The number of ether oxygens (including phenoxy) is 2. The molecule has 154 valence electrons. The van der Waals surface area contributed by atoms with Crippen LogP contribution in [-0.2, 0) is 9.59 Å². The van der Waals surface area contributed by atoms with Crippen LogP contribution in [0.1, 0.15) is 19.4 Å². The lowest BCUT2D eigenvalue weighted by Gasteiger charge is -2.15. The quantitative estimate of drug-likeness (QED) is 0.342. The zero-order valence-electron chi connectivity index (χ0n) is 17.4. The Labute approximate surface area is 179 Å². The van der Waals surface area contributed by atoms with Crippen LogP contribution in [0, 0.1) is 6.92 Å². The summed E-state index contributed by atoms with van der Waals surface area (Å²) >= 11 is 0. The van der Waals surface area contributed by atoms with Gasteiger partial charge in [0.1, 0.15) is 17.1 Å². The molecule has 4 aromatic rings. The summed E-state index contributed by atoms with van der Waals surface area (Å²) < 4.78 is 10.8. The van der Waals surface area contributed by atoms with Gasteiger partial charge in [-0.1, -0.05) is 54.1 Å². The van der Waals surface area contributed by atoms with E-state index in [4.69, 9.17) is 19.4 Å². The highest BCUT2D eigenvalue weighted by Gasteiger charge is 2.21. The summed E-state index contributed by atoms with van der Waals surface area (Å²) in [6, 6.07) is 20.6. The SMILES string of the molecule is CC(=O)Oc1cccc(OC(C)=O)c1-c1nc(-c2ccc(C)cc2)c2ccccc2n1. The Morgan fingerprint density at radius 2 is 1.35 bits per heavy atom. The number of rotatable bonds is 4. The maximum Gasteiger partial charge on any atom is 0.308 e. The lowest BCUT2D eigenvalue weighted by molar-refractivity contribution is -0.132. The Balaban J connectivity index is 2.01. The molecule has 0 saturated carbocycles. The highest BCUT2D eigenvalue weighted by molar-refractivity contribution is 5.94. The molecule has 0 aliphatic carbocycles. The van der Waals surface area contributed by atoms with E-state index >= 15 is 0 Å². The van der Waals surface area contributed by atoms with Gasteiger partial charge in [-0.3, -0.25) is 9.59 Å². The summed E-state index contributed by atoms with van der Waals surface area (Å²) in [4.78, 5) is 32.9. The van der Waals surface area contributed by atoms with Crippen molar-refractivity contribution in [2.45, 2.75) is 20.8 Å². The molecule has 0 bridgehead atoms. The Kier molecular flexibility index (Phi) is 5.45. The van der Waals surface area contributed by atoms with Gasteiger partial charge < -0.3 is 9.47 Å². The molecule has 0 spiro atoms. The minimum absolute atomic E-state index is 0.219. The van der Waals surface area contributed by atoms with Crippen molar-refractivity contribution in [3.05, 3.63) is 72.3 Å². The Bertz CT molecular complexity index is 1260. The van der Waals surface area contributed by atoms with Crippen LogP contribution < -0.4 is 9.47 Å². The minimum Gasteiger partial charge on any atom is -0.426 e. The van der Waals surface area contributed by atoms with E-state index in [1.165, 1.54) is 13.8 Å². The van der Waals surface area contributed by atoms with Crippen LogP contribution in [0.15, 0.2) is 66.7 Å². The first-order valence-corrected chi connectivity index (χ1v) is 9.76. The second-order valence-corrected chi connectivity index (χ2v) is 7.10. The van der Waals surface area contributed by atoms with E-state index in [0.717, 1.165) is 27.7 Å².